The van der Waals surface area contributed by atoms with Gasteiger partial charge < -0.3 is 15.0 Å². The van der Waals surface area contributed by atoms with Crippen molar-refractivity contribution >= 4 is 11.8 Å². The van der Waals surface area contributed by atoms with E-state index < -0.39 is 6.04 Å². The summed E-state index contributed by atoms with van der Waals surface area (Å²) < 4.78 is 5.75. The van der Waals surface area contributed by atoms with Crippen LogP contribution >= 0.6 is 0 Å². The lowest BCUT2D eigenvalue weighted by Gasteiger charge is -2.29. The van der Waals surface area contributed by atoms with Crippen molar-refractivity contribution in [1.82, 2.24) is 10.2 Å². The zero-order chi connectivity index (χ0) is 22.1. The lowest BCUT2D eigenvalue weighted by atomic mass is 10.1. The molecule has 2 aromatic carbocycles. The molecular weight excluding hydrogens is 376 g/mol. The summed E-state index contributed by atoms with van der Waals surface area (Å²) in [5, 5.41) is 2.93. The van der Waals surface area contributed by atoms with Crippen molar-refractivity contribution in [3.05, 3.63) is 64.7 Å². The second kappa shape index (κ2) is 11.4. The van der Waals surface area contributed by atoms with Gasteiger partial charge in [0.15, 0.2) is 6.61 Å². The molecule has 0 aliphatic rings. The number of nitrogens with one attached hydrogen (secondary N) is 1. The van der Waals surface area contributed by atoms with Crippen molar-refractivity contribution in [2.75, 3.05) is 13.2 Å². The third-order valence-electron chi connectivity index (χ3n) is 5.31. The summed E-state index contributed by atoms with van der Waals surface area (Å²) in [4.78, 5) is 27.2. The second-order valence-electron chi connectivity index (χ2n) is 7.86. The number of carbonyl (C=O) groups is 2. The standard InChI is InChI=1S/C25H34N2O3/c1-6-7-14-26-25(29)21(5)27(16-22-11-8-18(2)9-12-22)24(28)17-30-23-13-10-19(3)20(4)15-23/h8-13,15,21H,6-7,14,16-17H2,1-5H3,(H,26,29)/t21-/m0/s1. The van der Waals surface area contributed by atoms with Crippen molar-refractivity contribution < 1.29 is 14.3 Å². The van der Waals surface area contributed by atoms with E-state index in [1.165, 1.54) is 5.56 Å². The van der Waals surface area contributed by atoms with Crippen LogP contribution in [0.5, 0.6) is 5.75 Å². The highest BCUT2D eigenvalue weighted by molar-refractivity contribution is 5.87. The van der Waals surface area contributed by atoms with Gasteiger partial charge in [-0.25, -0.2) is 0 Å². The molecule has 2 rings (SSSR count). The Morgan fingerprint density at radius 1 is 1.03 bits per heavy atom. The van der Waals surface area contributed by atoms with Gasteiger partial charge in [-0.3, -0.25) is 9.59 Å². The van der Waals surface area contributed by atoms with Gasteiger partial charge >= 0.3 is 0 Å². The van der Waals surface area contributed by atoms with Gasteiger partial charge in [-0.2, -0.15) is 0 Å². The van der Waals surface area contributed by atoms with Gasteiger partial charge in [-0.1, -0.05) is 49.2 Å². The molecule has 1 atom stereocenters. The predicted molar refractivity (Wildman–Crippen MR) is 121 cm³/mol. The predicted octanol–water partition coefficient (Wildman–Crippen LogP) is 4.32. The van der Waals surface area contributed by atoms with E-state index in [1.807, 2.05) is 63.2 Å². The van der Waals surface area contributed by atoms with Crippen molar-refractivity contribution in [2.24, 2.45) is 0 Å². The SMILES string of the molecule is CCCCNC(=O)[C@H](C)N(Cc1ccc(C)cc1)C(=O)COc1ccc(C)c(C)c1. The van der Waals surface area contributed by atoms with Crippen LogP contribution in [0.2, 0.25) is 0 Å². The van der Waals surface area contributed by atoms with E-state index >= 15 is 0 Å². The lowest BCUT2D eigenvalue weighted by molar-refractivity contribution is -0.142. The van der Waals surface area contributed by atoms with Crippen molar-refractivity contribution in [3.63, 3.8) is 0 Å². The molecule has 0 spiro atoms. The largest absolute Gasteiger partial charge is 0.484 e. The highest BCUT2D eigenvalue weighted by atomic mass is 16.5. The van der Waals surface area contributed by atoms with Gasteiger partial charge in [-0.15, -0.1) is 0 Å². The molecule has 2 aromatic rings. The van der Waals surface area contributed by atoms with E-state index in [4.69, 9.17) is 4.74 Å². The zero-order valence-electron chi connectivity index (χ0n) is 18.8. The second-order valence-corrected chi connectivity index (χ2v) is 7.86. The van der Waals surface area contributed by atoms with E-state index in [2.05, 4.69) is 12.2 Å². The number of rotatable bonds is 10. The first-order valence-corrected chi connectivity index (χ1v) is 10.6. The molecule has 162 valence electrons. The average molecular weight is 411 g/mol. The van der Waals surface area contributed by atoms with E-state index in [-0.39, 0.29) is 18.4 Å². The Bertz CT molecular complexity index is 846. The molecule has 0 aliphatic carbocycles. The van der Waals surface area contributed by atoms with Crippen LogP contribution in [0.15, 0.2) is 42.5 Å². The van der Waals surface area contributed by atoms with E-state index in [0.717, 1.165) is 29.5 Å². The van der Waals surface area contributed by atoms with E-state index in [9.17, 15) is 9.59 Å². The molecule has 0 heterocycles. The van der Waals surface area contributed by atoms with Crippen LogP contribution in [-0.4, -0.2) is 35.9 Å². The summed E-state index contributed by atoms with van der Waals surface area (Å²) in [6.45, 7) is 10.8. The summed E-state index contributed by atoms with van der Waals surface area (Å²) >= 11 is 0. The minimum atomic E-state index is -0.584. The third kappa shape index (κ3) is 6.90. The zero-order valence-corrected chi connectivity index (χ0v) is 18.8. The minimum Gasteiger partial charge on any atom is -0.484 e. The minimum absolute atomic E-state index is 0.110. The number of hydrogen-bond acceptors (Lipinski definition) is 3. The molecule has 30 heavy (non-hydrogen) atoms. The molecule has 0 radical (unpaired) electrons. The third-order valence-corrected chi connectivity index (χ3v) is 5.31. The Kier molecular flexibility index (Phi) is 8.90. The first kappa shape index (κ1) is 23.5. The van der Waals surface area contributed by atoms with Crippen molar-refractivity contribution in [1.29, 1.82) is 0 Å². The van der Waals surface area contributed by atoms with Gasteiger partial charge in [0.2, 0.25) is 5.91 Å². The molecule has 5 heteroatoms. The molecular formula is C25H34N2O3. The first-order chi connectivity index (χ1) is 14.3. The highest BCUT2D eigenvalue weighted by Crippen LogP contribution is 2.17. The number of ether oxygens (including phenoxy) is 1. The Balaban J connectivity index is 2.11. The molecule has 0 bridgehead atoms. The summed E-state index contributed by atoms with van der Waals surface area (Å²) in [7, 11) is 0. The van der Waals surface area contributed by atoms with Crippen LogP contribution in [0.4, 0.5) is 0 Å². The van der Waals surface area contributed by atoms with E-state index in [1.54, 1.807) is 11.8 Å². The van der Waals surface area contributed by atoms with Gasteiger partial charge in [-0.05, 0) is 62.9 Å². The monoisotopic (exact) mass is 410 g/mol. The maximum absolute atomic E-state index is 13.0. The van der Waals surface area contributed by atoms with E-state index in [0.29, 0.717) is 18.8 Å². The fourth-order valence-electron chi connectivity index (χ4n) is 3.04. The quantitative estimate of drug-likeness (QED) is 0.593. The van der Waals surface area contributed by atoms with Gasteiger partial charge in [0.05, 0.1) is 0 Å². The Morgan fingerprint density at radius 2 is 1.73 bits per heavy atom. The summed E-state index contributed by atoms with van der Waals surface area (Å²) in [6.07, 6.45) is 1.92. The number of amides is 2. The molecule has 0 fully saturated rings. The fourth-order valence-corrected chi connectivity index (χ4v) is 3.04. The topological polar surface area (TPSA) is 58.6 Å². The number of aryl methyl sites for hydroxylation is 3. The maximum Gasteiger partial charge on any atom is 0.261 e. The van der Waals surface area contributed by atoms with Crippen LogP contribution in [0.3, 0.4) is 0 Å². The van der Waals surface area contributed by atoms with Crippen LogP contribution in [-0.2, 0) is 16.1 Å². The summed E-state index contributed by atoms with van der Waals surface area (Å²) in [6, 6.07) is 13.2. The summed E-state index contributed by atoms with van der Waals surface area (Å²) in [5.74, 6) is 0.295. The molecule has 0 saturated carbocycles. The van der Waals surface area contributed by atoms with Crippen LogP contribution in [0.1, 0.15) is 48.9 Å². The Labute approximate surface area is 180 Å². The van der Waals surface area contributed by atoms with Crippen LogP contribution in [0.25, 0.3) is 0 Å². The Morgan fingerprint density at radius 3 is 2.37 bits per heavy atom. The van der Waals surface area contributed by atoms with Crippen molar-refractivity contribution in [3.8, 4) is 5.75 Å². The number of nitrogens with zero attached hydrogens (tertiary/aromatic N) is 1. The highest BCUT2D eigenvalue weighted by Gasteiger charge is 2.26. The molecule has 0 aliphatic heterocycles. The molecule has 0 unspecified atom stereocenters. The molecule has 5 nitrogen and oxygen atoms in total. The normalized spacial score (nSPS) is 11.6. The molecule has 0 aromatic heterocycles. The lowest BCUT2D eigenvalue weighted by Crippen LogP contribution is -2.49. The van der Waals surface area contributed by atoms with Crippen LogP contribution in [0, 0.1) is 20.8 Å². The van der Waals surface area contributed by atoms with Crippen LogP contribution < -0.4 is 10.1 Å². The smallest absolute Gasteiger partial charge is 0.261 e. The van der Waals surface area contributed by atoms with Crippen molar-refractivity contribution in [2.45, 2.75) is 60.0 Å². The van der Waals surface area contributed by atoms with Gasteiger partial charge in [0.25, 0.3) is 5.91 Å². The average Bonchev–Trinajstić information content (AvgIpc) is 2.73. The number of benzene rings is 2. The number of carbonyl (C=O) groups excluding carboxylic acids is 2. The fraction of sp³-hybridized carbons (Fsp3) is 0.440. The molecule has 0 saturated heterocycles. The van der Waals surface area contributed by atoms with Gasteiger partial charge in [0.1, 0.15) is 11.8 Å². The maximum atomic E-state index is 13.0. The molecule has 2 amide bonds. The Hall–Kier alpha value is -2.82. The first-order valence-electron chi connectivity index (χ1n) is 10.6. The summed E-state index contributed by atoms with van der Waals surface area (Å²) in [5.41, 5.74) is 4.42. The number of hydrogen-bond donors (Lipinski definition) is 1. The van der Waals surface area contributed by atoms with Gasteiger partial charge in [0, 0.05) is 13.1 Å². The number of unbranched alkanes of at least 4 members (excludes halogenated alkanes) is 1. The molecule has 1 N–H and O–H groups in total.